The first-order chi connectivity index (χ1) is 29.8. The van der Waals surface area contributed by atoms with E-state index in [1.165, 1.54) is 4.90 Å². The van der Waals surface area contributed by atoms with E-state index in [2.05, 4.69) is 61.1 Å². The maximum absolute atomic E-state index is 13.8. The summed E-state index contributed by atoms with van der Waals surface area (Å²) >= 11 is 6.23. The van der Waals surface area contributed by atoms with Crippen molar-refractivity contribution in [2.45, 2.75) is 111 Å². The van der Waals surface area contributed by atoms with Gasteiger partial charge in [0.1, 0.15) is 36.6 Å². The number of carbonyl (C=O) groups excluding carboxylic acids is 4. The van der Waals surface area contributed by atoms with Crippen LogP contribution in [-0.4, -0.2) is 90.3 Å². The largest absolute Gasteiger partial charge is 0.489 e. The van der Waals surface area contributed by atoms with Gasteiger partial charge in [0.05, 0.1) is 28.3 Å². The number of aliphatic hydroxyl groups is 1. The van der Waals surface area contributed by atoms with Gasteiger partial charge < -0.3 is 40.7 Å². The Morgan fingerprint density at radius 2 is 1.62 bits per heavy atom. The molecule has 2 fully saturated rings. The Hall–Kier alpha value is -5.67. The third-order valence-electron chi connectivity index (χ3n) is 11.9. The number of halogens is 1. The molecule has 5 N–H and O–H groups in total. The molecule has 336 valence electrons. The highest BCUT2D eigenvalue weighted by Crippen LogP contribution is 2.55. The minimum atomic E-state index is -0.958. The molecule has 3 aromatic carbocycles. The Morgan fingerprint density at radius 3 is 2.24 bits per heavy atom. The van der Waals surface area contributed by atoms with Crippen molar-refractivity contribution in [2.75, 3.05) is 31.6 Å². The van der Waals surface area contributed by atoms with E-state index in [9.17, 15) is 29.5 Å². The SMILES string of the molecule is CC(C)(C)C(NC(=O)COCCCCCNc1ccc(C(=O)N[C@H]2C(C)(C)[C@H](Oc3ccc(C#N)c(Cl)c3)C2(C)C)cc1)C(=O)N1C[C@H](O)C[C@H]1C(=O)NCc1ccc(C#N)cc1. The standard InChI is InChI=1S/C48H60ClN7O7/c1-46(2,3)40(43(61)56-28-35(57)23-38(56)42(60)53-27-31-13-11-30(25-50)12-14-31)54-39(58)29-62-22-10-8-9-21-52-34-18-15-32(16-19-34)41(59)55-44-47(4,5)45(48(44,6)7)63-36-20-17-33(26-51)37(49)24-36/h11-20,24,35,38,40,44-45,52,57H,8-10,21-23,27-29H2,1-7H3,(H,53,60)(H,54,58)(H,55,59)/t35-,38+,40?,44-,45-/m1/s1. The molecule has 4 amide bonds. The van der Waals surface area contributed by atoms with Crippen molar-refractivity contribution >= 4 is 40.9 Å². The molecule has 1 aliphatic carbocycles. The van der Waals surface area contributed by atoms with Crippen molar-refractivity contribution in [1.82, 2.24) is 20.9 Å². The minimum Gasteiger partial charge on any atom is -0.489 e. The van der Waals surface area contributed by atoms with E-state index in [-0.39, 0.29) is 55.0 Å². The Labute approximate surface area is 375 Å². The number of anilines is 1. The fraction of sp³-hybridized carbons (Fsp3) is 0.500. The Kier molecular flexibility index (Phi) is 15.9. The maximum Gasteiger partial charge on any atom is 0.251 e. The number of ether oxygens (including phenoxy) is 2. The van der Waals surface area contributed by atoms with Crippen LogP contribution in [-0.2, 0) is 25.7 Å². The summed E-state index contributed by atoms with van der Waals surface area (Å²) in [6, 6.07) is 21.3. The summed E-state index contributed by atoms with van der Waals surface area (Å²) < 4.78 is 12.0. The quantitative estimate of drug-likeness (QED) is 0.0928. The maximum atomic E-state index is 13.8. The number of nitriles is 2. The van der Waals surface area contributed by atoms with Crippen LogP contribution in [0.25, 0.3) is 0 Å². The van der Waals surface area contributed by atoms with Crippen molar-refractivity contribution < 1.29 is 33.8 Å². The summed E-state index contributed by atoms with van der Waals surface area (Å²) in [5.74, 6) is -0.904. The number of unbranched alkanes of at least 4 members (excludes halogenated alkanes) is 2. The lowest BCUT2D eigenvalue weighted by Gasteiger charge is -2.63. The molecule has 14 nitrogen and oxygen atoms in total. The van der Waals surface area contributed by atoms with Gasteiger partial charge in [-0.1, -0.05) is 72.2 Å². The topological polar surface area (TPSA) is 206 Å². The second kappa shape index (κ2) is 20.7. The van der Waals surface area contributed by atoms with Gasteiger partial charge in [0, 0.05) is 66.9 Å². The van der Waals surface area contributed by atoms with E-state index in [1.54, 1.807) is 54.6 Å². The zero-order chi connectivity index (χ0) is 46.1. The van der Waals surface area contributed by atoms with E-state index < -0.39 is 41.3 Å². The lowest BCUT2D eigenvalue weighted by atomic mass is 9.49. The predicted octanol–water partition coefficient (Wildman–Crippen LogP) is 6.10. The highest BCUT2D eigenvalue weighted by molar-refractivity contribution is 6.31. The van der Waals surface area contributed by atoms with E-state index >= 15 is 0 Å². The average molecular weight is 883 g/mol. The molecular weight excluding hydrogens is 822 g/mol. The summed E-state index contributed by atoms with van der Waals surface area (Å²) in [5.41, 5.74) is 1.66. The van der Waals surface area contributed by atoms with E-state index in [0.717, 1.165) is 30.5 Å². The first kappa shape index (κ1) is 48.4. The number of nitrogens with one attached hydrogen (secondary N) is 4. The molecule has 1 saturated carbocycles. The number of amides is 4. The van der Waals surface area contributed by atoms with Crippen LogP contribution in [0.1, 0.15) is 101 Å². The molecule has 0 aromatic heterocycles. The normalized spacial score (nSPS) is 20.3. The Balaban J connectivity index is 0.991. The van der Waals surface area contributed by atoms with E-state index in [0.29, 0.717) is 40.6 Å². The number of nitrogens with zero attached hydrogens (tertiary/aromatic N) is 3. The average Bonchev–Trinajstić information content (AvgIpc) is 3.65. The molecule has 63 heavy (non-hydrogen) atoms. The molecule has 1 saturated heterocycles. The van der Waals surface area contributed by atoms with Gasteiger partial charge in [-0.2, -0.15) is 10.5 Å². The lowest BCUT2D eigenvalue weighted by molar-refractivity contribution is -0.164. The summed E-state index contributed by atoms with van der Waals surface area (Å²) in [6.07, 6.45) is 1.42. The van der Waals surface area contributed by atoms with Crippen LogP contribution in [0.2, 0.25) is 5.02 Å². The summed E-state index contributed by atoms with van der Waals surface area (Å²) in [5, 5.41) is 41.2. The highest BCUT2D eigenvalue weighted by Gasteiger charge is 2.64. The fourth-order valence-corrected chi connectivity index (χ4v) is 8.99. The molecule has 2 aliphatic rings. The number of rotatable bonds is 18. The highest BCUT2D eigenvalue weighted by atomic mass is 35.5. The van der Waals surface area contributed by atoms with Crippen molar-refractivity contribution in [3.63, 3.8) is 0 Å². The molecule has 0 spiro atoms. The van der Waals surface area contributed by atoms with Gasteiger partial charge in [0.25, 0.3) is 5.91 Å². The lowest BCUT2D eigenvalue weighted by Crippen LogP contribution is -2.74. The monoisotopic (exact) mass is 881 g/mol. The molecule has 3 atom stereocenters. The van der Waals surface area contributed by atoms with Crippen molar-refractivity contribution in [1.29, 1.82) is 10.5 Å². The number of carbonyl (C=O) groups is 4. The van der Waals surface area contributed by atoms with Gasteiger partial charge in [-0.25, -0.2) is 0 Å². The van der Waals surface area contributed by atoms with Crippen molar-refractivity contribution in [2.24, 2.45) is 16.2 Å². The molecule has 1 aliphatic heterocycles. The minimum absolute atomic E-state index is 0.0278. The first-order valence-corrected chi connectivity index (χ1v) is 21.8. The number of hydrogen-bond acceptors (Lipinski definition) is 10. The van der Waals surface area contributed by atoms with Crippen molar-refractivity contribution in [3.05, 3.63) is 94.0 Å². The van der Waals surface area contributed by atoms with Gasteiger partial charge in [-0.15, -0.1) is 0 Å². The van der Waals surface area contributed by atoms with Gasteiger partial charge in [-0.3, -0.25) is 19.2 Å². The van der Waals surface area contributed by atoms with Crippen LogP contribution < -0.4 is 26.0 Å². The number of hydrogen-bond donors (Lipinski definition) is 5. The molecule has 3 aromatic rings. The van der Waals surface area contributed by atoms with Crippen LogP contribution in [0.15, 0.2) is 66.7 Å². The number of likely N-dealkylation sites (tertiary alicyclic amines) is 1. The zero-order valence-corrected chi connectivity index (χ0v) is 38.0. The zero-order valence-electron chi connectivity index (χ0n) is 37.2. The molecule has 0 radical (unpaired) electrons. The molecule has 1 unspecified atom stereocenters. The van der Waals surface area contributed by atoms with Gasteiger partial charge in [0.15, 0.2) is 0 Å². The van der Waals surface area contributed by atoms with E-state index in [4.69, 9.17) is 26.3 Å². The summed E-state index contributed by atoms with van der Waals surface area (Å²) in [6.45, 7) is 14.7. The first-order valence-electron chi connectivity index (χ1n) is 21.4. The van der Waals surface area contributed by atoms with Crippen LogP contribution in [0, 0.1) is 38.9 Å². The van der Waals surface area contributed by atoms with Crippen LogP contribution >= 0.6 is 11.6 Å². The Bertz CT molecular complexity index is 2180. The molecule has 5 rings (SSSR count). The molecule has 0 bridgehead atoms. The third-order valence-corrected chi connectivity index (χ3v) is 12.3. The van der Waals surface area contributed by atoms with Crippen molar-refractivity contribution in [3.8, 4) is 17.9 Å². The molecule has 1 heterocycles. The second-order valence-corrected chi connectivity index (χ2v) is 19.1. The number of aliphatic hydroxyl groups excluding tert-OH is 1. The third kappa shape index (κ3) is 12.1. The van der Waals surface area contributed by atoms with Crippen LogP contribution in [0.5, 0.6) is 5.75 Å². The van der Waals surface area contributed by atoms with Gasteiger partial charge in [0.2, 0.25) is 17.7 Å². The smallest absolute Gasteiger partial charge is 0.251 e. The molecule has 15 heteroatoms. The summed E-state index contributed by atoms with van der Waals surface area (Å²) in [4.78, 5) is 54.7. The predicted molar refractivity (Wildman–Crippen MR) is 240 cm³/mol. The van der Waals surface area contributed by atoms with Crippen LogP contribution in [0.4, 0.5) is 5.69 Å². The molecular formula is C48H60ClN7O7. The van der Waals surface area contributed by atoms with Gasteiger partial charge >= 0.3 is 0 Å². The number of β-amino-alcohol motifs (C(OH)–C–C–N with tert-alkyl or cyclic N) is 1. The van der Waals surface area contributed by atoms with Gasteiger partial charge in [-0.05, 0) is 78.8 Å². The van der Waals surface area contributed by atoms with E-state index in [1.807, 2.05) is 32.9 Å². The van der Waals surface area contributed by atoms with Crippen LogP contribution in [0.3, 0.4) is 0 Å². The summed E-state index contributed by atoms with van der Waals surface area (Å²) in [7, 11) is 0. The second-order valence-electron chi connectivity index (χ2n) is 18.7. The fourth-order valence-electron chi connectivity index (χ4n) is 8.78. The number of benzene rings is 3. The Morgan fingerprint density at radius 1 is 0.937 bits per heavy atom.